The third kappa shape index (κ3) is 5.06. The number of carbonyl (C=O) groups excluding carboxylic acids is 1. The molecule has 1 aromatic carbocycles. The summed E-state index contributed by atoms with van der Waals surface area (Å²) in [6.45, 7) is 7.50. The monoisotopic (exact) mass is 437 g/mol. The van der Waals surface area contributed by atoms with Crippen LogP contribution in [0.15, 0.2) is 35.1 Å². The van der Waals surface area contributed by atoms with Crippen LogP contribution < -0.4 is 10.9 Å². The Bertz CT molecular complexity index is 1130. The molecular weight excluding hydrogens is 406 g/mol. The Morgan fingerprint density at radius 3 is 2.74 bits per heavy atom. The van der Waals surface area contributed by atoms with Crippen molar-refractivity contribution in [3.05, 3.63) is 62.5 Å². The highest BCUT2D eigenvalue weighted by Gasteiger charge is 2.31. The first-order chi connectivity index (χ1) is 14.8. The number of aryl methyl sites for hydroxylation is 2. The average Bonchev–Trinajstić information content (AvgIpc) is 3.10. The molecule has 2 N–H and O–H groups in total. The zero-order valence-corrected chi connectivity index (χ0v) is 19.4. The Hall–Kier alpha value is -2.47. The Morgan fingerprint density at radius 1 is 1.23 bits per heavy atom. The van der Waals surface area contributed by atoms with Gasteiger partial charge in [0.2, 0.25) is 5.91 Å². The number of thiophene rings is 1. The molecule has 6 heteroatoms. The largest absolute Gasteiger partial charge is 0.356 e. The third-order valence-corrected chi connectivity index (χ3v) is 7.51. The molecule has 2 heterocycles. The van der Waals surface area contributed by atoms with Crippen LogP contribution in [-0.4, -0.2) is 22.4 Å². The normalized spacial score (nSPS) is 16.3. The van der Waals surface area contributed by atoms with E-state index in [4.69, 9.17) is 4.98 Å². The lowest BCUT2D eigenvalue weighted by Crippen LogP contribution is -2.27. The summed E-state index contributed by atoms with van der Waals surface area (Å²) < 4.78 is 0. The van der Waals surface area contributed by atoms with Gasteiger partial charge in [-0.3, -0.25) is 9.59 Å². The highest BCUT2D eigenvalue weighted by Crippen LogP contribution is 2.41. The number of nitrogens with one attached hydrogen (secondary N) is 2. The van der Waals surface area contributed by atoms with Crippen LogP contribution in [0.1, 0.15) is 55.4 Å². The molecule has 1 aliphatic rings. The molecule has 1 atom stereocenters. The number of nitrogens with zero attached hydrogens (tertiary/aromatic N) is 1. The fourth-order valence-electron chi connectivity index (χ4n) is 4.40. The summed E-state index contributed by atoms with van der Waals surface area (Å²) in [5.41, 5.74) is 2.61. The maximum absolute atomic E-state index is 12.8. The van der Waals surface area contributed by atoms with Gasteiger partial charge >= 0.3 is 0 Å². The second kappa shape index (κ2) is 8.95. The minimum atomic E-state index is -0.0591. The second-order valence-electron chi connectivity index (χ2n) is 9.59. The molecule has 31 heavy (non-hydrogen) atoms. The number of carbonyl (C=O) groups is 1. The van der Waals surface area contributed by atoms with Crippen LogP contribution in [0.2, 0.25) is 0 Å². The summed E-state index contributed by atoms with van der Waals surface area (Å²) in [7, 11) is 0. The zero-order chi connectivity index (χ0) is 22.0. The number of hydrogen-bond donors (Lipinski definition) is 2. The zero-order valence-electron chi connectivity index (χ0n) is 18.6. The molecule has 2 aromatic heterocycles. The Kier molecular flexibility index (Phi) is 6.28. The molecule has 5 nitrogen and oxygen atoms in total. The molecule has 0 radical (unpaired) electrons. The van der Waals surface area contributed by atoms with Gasteiger partial charge in [-0.1, -0.05) is 51.1 Å². The topological polar surface area (TPSA) is 74.8 Å². The molecule has 0 fully saturated rings. The molecule has 0 spiro atoms. The fourth-order valence-corrected chi connectivity index (χ4v) is 5.72. The molecule has 0 saturated carbocycles. The van der Waals surface area contributed by atoms with E-state index in [2.05, 4.69) is 43.2 Å². The lowest BCUT2D eigenvalue weighted by molar-refractivity contribution is -0.121. The van der Waals surface area contributed by atoms with Crippen molar-refractivity contribution in [3.63, 3.8) is 0 Å². The van der Waals surface area contributed by atoms with Crippen LogP contribution in [0.25, 0.3) is 10.2 Å². The fraction of sp³-hybridized carbons (Fsp3) is 0.480. The number of benzene rings is 1. The van der Waals surface area contributed by atoms with Gasteiger partial charge in [0.25, 0.3) is 5.56 Å². The van der Waals surface area contributed by atoms with Crippen LogP contribution in [-0.2, 0) is 30.5 Å². The van der Waals surface area contributed by atoms with Crippen molar-refractivity contribution in [2.75, 3.05) is 6.54 Å². The molecule has 1 amide bonds. The van der Waals surface area contributed by atoms with Gasteiger partial charge in [-0.15, -0.1) is 11.3 Å². The van der Waals surface area contributed by atoms with Crippen LogP contribution in [0.4, 0.5) is 0 Å². The lowest BCUT2D eigenvalue weighted by atomic mass is 9.72. The number of hydrogen-bond acceptors (Lipinski definition) is 4. The van der Waals surface area contributed by atoms with Crippen molar-refractivity contribution >= 4 is 27.5 Å². The molecule has 0 aliphatic heterocycles. The number of fused-ring (bicyclic) bond motifs is 3. The van der Waals surface area contributed by atoms with Crippen molar-refractivity contribution in [2.24, 2.45) is 11.3 Å². The van der Waals surface area contributed by atoms with Crippen molar-refractivity contribution in [1.82, 2.24) is 15.3 Å². The molecule has 1 aliphatic carbocycles. The summed E-state index contributed by atoms with van der Waals surface area (Å²) in [5, 5.41) is 3.72. The van der Waals surface area contributed by atoms with Gasteiger partial charge < -0.3 is 10.3 Å². The second-order valence-corrected chi connectivity index (χ2v) is 10.7. The van der Waals surface area contributed by atoms with Gasteiger partial charge in [0.15, 0.2) is 0 Å². The average molecular weight is 438 g/mol. The quantitative estimate of drug-likeness (QED) is 0.599. The SMILES string of the molecule is CC(C)(C)C1CCc2c(sc3nc(CCC(=O)NCCc4ccccc4)[nH]c(=O)c23)C1. The predicted molar refractivity (Wildman–Crippen MR) is 127 cm³/mol. The Balaban J connectivity index is 1.39. The summed E-state index contributed by atoms with van der Waals surface area (Å²) in [5.74, 6) is 1.21. The number of rotatable bonds is 6. The summed E-state index contributed by atoms with van der Waals surface area (Å²) in [6, 6.07) is 10.1. The predicted octanol–water partition coefficient (Wildman–Crippen LogP) is 4.43. The van der Waals surface area contributed by atoms with E-state index in [1.54, 1.807) is 11.3 Å². The minimum absolute atomic E-state index is 0.0165. The molecule has 1 unspecified atom stereocenters. The summed E-state index contributed by atoms with van der Waals surface area (Å²) in [6.07, 6.45) is 4.66. The summed E-state index contributed by atoms with van der Waals surface area (Å²) >= 11 is 1.66. The van der Waals surface area contributed by atoms with Gasteiger partial charge in [0, 0.05) is 24.3 Å². The van der Waals surface area contributed by atoms with Crippen molar-refractivity contribution in [2.45, 2.75) is 59.3 Å². The molecule has 0 bridgehead atoms. The van der Waals surface area contributed by atoms with Crippen molar-refractivity contribution in [3.8, 4) is 0 Å². The lowest BCUT2D eigenvalue weighted by Gasteiger charge is -2.33. The summed E-state index contributed by atoms with van der Waals surface area (Å²) in [4.78, 5) is 34.8. The maximum atomic E-state index is 12.8. The van der Waals surface area contributed by atoms with Crippen LogP contribution >= 0.6 is 11.3 Å². The standard InChI is InChI=1S/C25H31N3O2S/c1-25(2,3)17-9-10-18-19(15-17)31-24-22(18)23(30)27-20(28-24)11-12-21(29)26-14-13-16-7-5-4-6-8-16/h4-8,17H,9-15H2,1-3H3,(H,26,29)(H,27,28,30). The molecule has 4 rings (SSSR count). The first-order valence-corrected chi connectivity index (χ1v) is 12.0. The van der Waals surface area contributed by atoms with Crippen LogP contribution in [0.3, 0.4) is 0 Å². The molecule has 0 saturated heterocycles. The van der Waals surface area contributed by atoms with Crippen molar-refractivity contribution < 1.29 is 4.79 Å². The number of amides is 1. The third-order valence-electron chi connectivity index (χ3n) is 6.36. The van der Waals surface area contributed by atoms with E-state index in [1.165, 1.54) is 16.0 Å². The highest BCUT2D eigenvalue weighted by atomic mass is 32.1. The van der Waals surface area contributed by atoms with E-state index >= 15 is 0 Å². The number of aromatic nitrogens is 2. The van der Waals surface area contributed by atoms with E-state index in [9.17, 15) is 9.59 Å². The van der Waals surface area contributed by atoms with E-state index < -0.39 is 0 Å². The van der Waals surface area contributed by atoms with Crippen LogP contribution in [0.5, 0.6) is 0 Å². The number of aromatic amines is 1. The maximum Gasteiger partial charge on any atom is 0.259 e. The smallest absolute Gasteiger partial charge is 0.259 e. The first-order valence-electron chi connectivity index (χ1n) is 11.2. The van der Waals surface area contributed by atoms with E-state index in [1.807, 2.05) is 18.2 Å². The molecule has 3 aromatic rings. The first kappa shape index (κ1) is 21.8. The van der Waals surface area contributed by atoms with Gasteiger partial charge in [0.05, 0.1) is 5.39 Å². The molecule has 164 valence electrons. The van der Waals surface area contributed by atoms with Crippen molar-refractivity contribution in [1.29, 1.82) is 0 Å². The Morgan fingerprint density at radius 2 is 2.00 bits per heavy atom. The van der Waals surface area contributed by atoms with E-state index in [-0.39, 0.29) is 16.9 Å². The number of H-pyrrole nitrogens is 1. The minimum Gasteiger partial charge on any atom is -0.356 e. The van der Waals surface area contributed by atoms with E-state index in [0.717, 1.165) is 35.9 Å². The molecular formula is C25H31N3O2S. The Labute approximate surface area is 187 Å². The van der Waals surface area contributed by atoms with Gasteiger partial charge in [0.1, 0.15) is 10.7 Å². The van der Waals surface area contributed by atoms with Gasteiger partial charge in [-0.25, -0.2) is 4.98 Å². The van der Waals surface area contributed by atoms with E-state index in [0.29, 0.717) is 31.1 Å². The highest BCUT2D eigenvalue weighted by molar-refractivity contribution is 7.18. The van der Waals surface area contributed by atoms with Gasteiger partial charge in [-0.2, -0.15) is 0 Å². The van der Waals surface area contributed by atoms with Crippen LogP contribution in [0, 0.1) is 11.3 Å². The van der Waals surface area contributed by atoms with Gasteiger partial charge in [-0.05, 0) is 48.1 Å².